The van der Waals surface area contributed by atoms with E-state index in [-0.39, 0.29) is 12.0 Å². The van der Waals surface area contributed by atoms with E-state index in [9.17, 15) is 0 Å². The Hall–Kier alpha value is -2.77. The fourth-order valence-electron chi connectivity index (χ4n) is 1.99. The maximum Gasteiger partial charge on any atom is 0.227 e. The van der Waals surface area contributed by atoms with Gasteiger partial charge in [-0.15, -0.1) is 0 Å². The van der Waals surface area contributed by atoms with E-state index in [2.05, 4.69) is 20.3 Å². The van der Waals surface area contributed by atoms with E-state index in [0.29, 0.717) is 43.0 Å². The zero-order valence-corrected chi connectivity index (χ0v) is 14.2. The van der Waals surface area contributed by atoms with Gasteiger partial charge in [0.15, 0.2) is 0 Å². The summed E-state index contributed by atoms with van der Waals surface area (Å²) in [5.74, 6) is 2.69. The van der Waals surface area contributed by atoms with Gasteiger partial charge in [-0.2, -0.15) is 4.98 Å². The lowest BCUT2D eigenvalue weighted by Crippen LogP contribution is -2.25. The first-order valence-electron chi connectivity index (χ1n) is 7.85. The summed E-state index contributed by atoms with van der Waals surface area (Å²) in [4.78, 5) is 11.7. The largest absolute Gasteiger partial charge is 0.494 e. The maximum absolute atomic E-state index is 5.82. The third-order valence-electron chi connectivity index (χ3n) is 2.94. The highest BCUT2D eigenvalue weighted by Crippen LogP contribution is 2.28. The van der Waals surface area contributed by atoms with E-state index in [1.54, 1.807) is 0 Å². The molecule has 1 heterocycles. The number of ether oxygens (including phenoxy) is 3. The quantitative estimate of drug-likeness (QED) is 0.719. The Morgan fingerprint density at radius 3 is 2.12 bits per heavy atom. The van der Waals surface area contributed by atoms with Gasteiger partial charge in [0.25, 0.3) is 0 Å². The van der Waals surface area contributed by atoms with Gasteiger partial charge in [0, 0.05) is 18.2 Å². The predicted octanol–water partition coefficient (Wildman–Crippen LogP) is 2.13. The van der Waals surface area contributed by atoms with Gasteiger partial charge in [-0.1, -0.05) is 0 Å². The third-order valence-corrected chi connectivity index (χ3v) is 2.94. The molecule has 0 radical (unpaired) electrons. The number of nitrogen functional groups attached to an aromatic ring is 1. The van der Waals surface area contributed by atoms with Crippen LogP contribution >= 0.6 is 0 Å². The van der Waals surface area contributed by atoms with Crippen LogP contribution in [0, 0.1) is 0 Å². The first-order chi connectivity index (χ1) is 11.6. The first kappa shape index (κ1) is 17.6. The topological polar surface area (TPSA) is 104 Å². The number of nitrogens with two attached hydrogens (primary N) is 1. The van der Waals surface area contributed by atoms with E-state index in [0.717, 1.165) is 0 Å². The minimum absolute atomic E-state index is 0.0295. The number of hydrogen-bond donors (Lipinski definition) is 2. The molecule has 0 aliphatic rings. The van der Waals surface area contributed by atoms with Crippen LogP contribution in [0.5, 0.6) is 17.2 Å². The highest BCUT2D eigenvalue weighted by Gasteiger charge is 2.08. The molecule has 0 aliphatic heterocycles. The van der Waals surface area contributed by atoms with Gasteiger partial charge in [0.05, 0.1) is 19.3 Å². The van der Waals surface area contributed by atoms with Crippen LogP contribution < -0.4 is 25.3 Å². The van der Waals surface area contributed by atoms with Crippen LogP contribution in [0.3, 0.4) is 0 Å². The van der Waals surface area contributed by atoms with Crippen molar-refractivity contribution in [3.8, 4) is 17.2 Å². The van der Waals surface area contributed by atoms with Crippen molar-refractivity contribution in [1.82, 2.24) is 15.0 Å². The van der Waals surface area contributed by atoms with Crippen molar-refractivity contribution in [3.63, 3.8) is 0 Å². The average Bonchev–Trinajstić information content (AvgIpc) is 2.53. The van der Waals surface area contributed by atoms with Crippen molar-refractivity contribution in [2.24, 2.45) is 0 Å². The second-order valence-corrected chi connectivity index (χ2v) is 5.03. The van der Waals surface area contributed by atoms with Gasteiger partial charge >= 0.3 is 0 Å². The molecule has 0 aliphatic carbocycles. The number of nitrogens with one attached hydrogen (secondary N) is 1. The molecule has 0 fully saturated rings. The zero-order valence-electron chi connectivity index (χ0n) is 14.2. The highest BCUT2D eigenvalue weighted by molar-refractivity contribution is 5.42. The second kappa shape index (κ2) is 8.76. The van der Waals surface area contributed by atoms with Gasteiger partial charge < -0.3 is 25.3 Å². The van der Waals surface area contributed by atoms with Crippen molar-refractivity contribution in [3.05, 3.63) is 24.5 Å². The molecule has 24 heavy (non-hydrogen) atoms. The normalized spacial score (nSPS) is 11.6. The minimum atomic E-state index is -0.0295. The molecule has 1 aromatic heterocycles. The van der Waals surface area contributed by atoms with Crippen LogP contribution in [-0.4, -0.2) is 40.8 Å². The van der Waals surface area contributed by atoms with Crippen LogP contribution in [-0.2, 0) is 0 Å². The van der Waals surface area contributed by atoms with Gasteiger partial charge in [0.1, 0.15) is 30.2 Å². The summed E-state index contributed by atoms with van der Waals surface area (Å²) >= 11 is 0. The van der Waals surface area contributed by atoms with Gasteiger partial charge in [-0.05, 0) is 20.8 Å². The van der Waals surface area contributed by atoms with E-state index < -0.39 is 0 Å². The third kappa shape index (κ3) is 5.45. The fraction of sp³-hybridized carbons (Fsp3) is 0.438. The first-order valence-corrected chi connectivity index (χ1v) is 7.85. The van der Waals surface area contributed by atoms with Crippen molar-refractivity contribution in [2.45, 2.75) is 26.8 Å². The summed E-state index contributed by atoms with van der Waals surface area (Å²) in [5.41, 5.74) is 5.53. The second-order valence-electron chi connectivity index (χ2n) is 5.03. The van der Waals surface area contributed by atoms with E-state index >= 15 is 0 Å². The molecule has 0 spiro atoms. The smallest absolute Gasteiger partial charge is 0.227 e. The molecule has 0 bridgehead atoms. The summed E-state index contributed by atoms with van der Waals surface area (Å²) in [7, 11) is 0. The molecule has 8 heteroatoms. The van der Waals surface area contributed by atoms with Gasteiger partial charge in [-0.3, -0.25) is 0 Å². The van der Waals surface area contributed by atoms with Crippen molar-refractivity contribution in [2.75, 3.05) is 30.9 Å². The molecule has 8 nitrogen and oxygen atoms in total. The lowest BCUT2D eigenvalue weighted by Gasteiger charge is -2.16. The Morgan fingerprint density at radius 2 is 1.58 bits per heavy atom. The number of hydrogen-bond acceptors (Lipinski definition) is 8. The summed E-state index contributed by atoms with van der Waals surface area (Å²) in [6, 6.07) is 5.48. The predicted molar refractivity (Wildman–Crippen MR) is 91.6 cm³/mol. The molecule has 0 saturated heterocycles. The molecule has 1 aromatic carbocycles. The number of aromatic nitrogens is 3. The number of nitrogens with zero attached hydrogens (tertiary/aromatic N) is 3. The van der Waals surface area contributed by atoms with Crippen LogP contribution in [0.15, 0.2) is 24.5 Å². The molecule has 1 atom stereocenters. The van der Waals surface area contributed by atoms with E-state index in [1.165, 1.54) is 6.33 Å². The van der Waals surface area contributed by atoms with Crippen LogP contribution in [0.1, 0.15) is 20.8 Å². The number of anilines is 2. The molecule has 0 saturated carbocycles. The Balaban J connectivity index is 1.96. The fourth-order valence-corrected chi connectivity index (χ4v) is 1.99. The van der Waals surface area contributed by atoms with Crippen molar-refractivity contribution in [1.29, 1.82) is 0 Å². The minimum Gasteiger partial charge on any atom is -0.494 e. The Bertz CT molecular complexity index is 629. The zero-order chi connectivity index (χ0) is 17.4. The van der Waals surface area contributed by atoms with Crippen LogP contribution in [0.25, 0.3) is 0 Å². The standard InChI is InChI=1S/C16H23N5O3/c1-4-22-12-6-13(23-5-2)8-14(7-12)24-9-11(3)20-16-19-10-18-15(17)21-16/h6-8,10-11H,4-5,9H2,1-3H3,(H3,17,18,19,20,21). The lowest BCUT2D eigenvalue weighted by molar-refractivity contribution is 0.289. The number of rotatable bonds is 9. The molecule has 3 N–H and O–H groups in total. The Morgan fingerprint density at radius 1 is 1.00 bits per heavy atom. The molecular weight excluding hydrogens is 310 g/mol. The number of benzene rings is 1. The van der Waals surface area contributed by atoms with E-state index in [4.69, 9.17) is 19.9 Å². The summed E-state index contributed by atoms with van der Waals surface area (Å²) in [6.45, 7) is 7.38. The molecule has 0 amide bonds. The molecule has 130 valence electrons. The maximum atomic E-state index is 5.82. The summed E-state index contributed by atoms with van der Waals surface area (Å²) < 4.78 is 16.9. The van der Waals surface area contributed by atoms with E-state index in [1.807, 2.05) is 39.0 Å². The monoisotopic (exact) mass is 333 g/mol. The molecule has 1 unspecified atom stereocenters. The molecule has 2 rings (SSSR count). The van der Waals surface area contributed by atoms with Crippen molar-refractivity contribution < 1.29 is 14.2 Å². The van der Waals surface area contributed by atoms with Gasteiger partial charge in [-0.25, -0.2) is 9.97 Å². The van der Waals surface area contributed by atoms with Crippen LogP contribution in [0.4, 0.5) is 11.9 Å². The lowest BCUT2D eigenvalue weighted by atomic mass is 10.3. The molecular formula is C16H23N5O3. The van der Waals surface area contributed by atoms with Crippen LogP contribution in [0.2, 0.25) is 0 Å². The Kier molecular flexibility index (Phi) is 6.41. The van der Waals surface area contributed by atoms with Gasteiger partial charge in [0.2, 0.25) is 11.9 Å². The Labute approximate surface area is 141 Å². The van der Waals surface area contributed by atoms with Crippen molar-refractivity contribution >= 4 is 11.9 Å². The summed E-state index contributed by atoms with van der Waals surface area (Å²) in [5, 5.41) is 3.10. The average molecular weight is 333 g/mol. The summed E-state index contributed by atoms with van der Waals surface area (Å²) in [6.07, 6.45) is 1.36. The highest BCUT2D eigenvalue weighted by atomic mass is 16.5. The SMILES string of the molecule is CCOc1cc(OCC)cc(OCC(C)Nc2ncnc(N)n2)c1. The molecule has 2 aromatic rings.